The van der Waals surface area contributed by atoms with E-state index in [1.54, 1.807) is 17.7 Å². The van der Waals surface area contributed by atoms with Crippen LogP contribution < -0.4 is 5.32 Å². The highest BCUT2D eigenvalue weighted by atomic mass is 32.2. The quantitative estimate of drug-likeness (QED) is 0.712. The van der Waals surface area contributed by atoms with Crippen LogP contribution in [0, 0.1) is 12.3 Å². The Morgan fingerprint density at radius 1 is 1.31 bits per heavy atom. The third-order valence-corrected chi connectivity index (χ3v) is 8.04. The van der Waals surface area contributed by atoms with Gasteiger partial charge in [-0.3, -0.25) is 19.3 Å². The second-order valence-electron chi connectivity index (χ2n) is 8.49. The molecular formula is C19H26N4O5S. The minimum absolute atomic E-state index is 0.000747. The maximum atomic E-state index is 12.7. The number of aromatic nitrogens is 2. The smallest absolute Gasteiger partial charge is 0.235 e. The largest absolute Gasteiger partial charge is 0.311 e. The molecule has 9 nitrogen and oxygen atoms in total. The summed E-state index contributed by atoms with van der Waals surface area (Å²) < 4.78 is 25.1. The molecule has 0 bridgehead atoms. The van der Waals surface area contributed by atoms with Crippen LogP contribution in [0.15, 0.2) is 6.07 Å². The van der Waals surface area contributed by atoms with Crippen molar-refractivity contribution in [3.8, 4) is 0 Å². The van der Waals surface area contributed by atoms with Crippen molar-refractivity contribution in [2.45, 2.75) is 57.9 Å². The third kappa shape index (κ3) is 3.82. The fraction of sp³-hybridized carbons (Fsp3) is 0.684. The average Bonchev–Trinajstić information content (AvgIpc) is 3.38. The van der Waals surface area contributed by atoms with E-state index in [2.05, 4.69) is 10.4 Å². The molecule has 10 heteroatoms. The minimum Gasteiger partial charge on any atom is -0.311 e. The first-order chi connectivity index (χ1) is 13.7. The summed E-state index contributed by atoms with van der Waals surface area (Å²) >= 11 is 0. The lowest BCUT2D eigenvalue weighted by molar-refractivity contribution is -0.141. The molecule has 1 aromatic rings. The number of rotatable bonds is 5. The van der Waals surface area contributed by atoms with Crippen LogP contribution >= 0.6 is 0 Å². The summed E-state index contributed by atoms with van der Waals surface area (Å²) in [6.45, 7) is 1.84. The van der Waals surface area contributed by atoms with Crippen molar-refractivity contribution in [3.05, 3.63) is 11.8 Å². The summed E-state index contributed by atoms with van der Waals surface area (Å²) in [5, 5.41) is 7.11. The highest BCUT2D eigenvalue weighted by Gasteiger charge is 2.52. The van der Waals surface area contributed by atoms with E-state index >= 15 is 0 Å². The number of aryl methyl sites for hydroxylation is 1. The average molecular weight is 423 g/mol. The number of imide groups is 1. The molecule has 1 aromatic heterocycles. The molecule has 3 aliphatic rings. The lowest BCUT2D eigenvalue weighted by Gasteiger charge is -2.20. The van der Waals surface area contributed by atoms with Crippen LogP contribution in [-0.2, 0) is 24.2 Å². The number of nitrogens with one attached hydrogen (secondary N) is 1. The number of nitrogens with zero attached hydrogens (tertiary/aromatic N) is 3. The number of sulfone groups is 1. The zero-order valence-electron chi connectivity index (χ0n) is 16.5. The van der Waals surface area contributed by atoms with Gasteiger partial charge in [-0.25, -0.2) is 13.1 Å². The van der Waals surface area contributed by atoms with Gasteiger partial charge >= 0.3 is 0 Å². The number of anilines is 1. The van der Waals surface area contributed by atoms with Gasteiger partial charge < -0.3 is 5.32 Å². The van der Waals surface area contributed by atoms with E-state index in [0.29, 0.717) is 17.9 Å². The van der Waals surface area contributed by atoms with Gasteiger partial charge in [-0.2, -0.15) is 5.10 Å². The molecule has 4 rings (SSSR count). The molecule has 2 aliphatic heterocycles. The number of carbonyl (C=O) groups is 3. The molecule has 3 fully saturated rings. The SMILES string of the molecule is Cc1cc(NC(=O)CCN2C(=O)CC3(CCCC3)C2=O)n([C@@H]2CCS(=O)(=O)C2)n1. The standard InChI is InChI=1S/C19H26N4O5S/c1-13-10-15(23(21-13)14-5-9-29(27,28)12-14)20-16(24)4-8-22-17(25)11-19(18(22)26)6-2-3-7-19/h10,14H,2-9,11-12H2,1H3,(H,20,24)/t14-/m1/s1. The normalized spacial score (nSPS) is 25.3. The van der Waals surface area contributed by atoms with Gasteiger partial charge in [-0.15, -0.1) is 0 Å². The first kappa shape index (κ1) is 20.1. The number of amides is 3. The van der Waals surface area contributed by atoms with Crippen LogP contribution in [0.4, 0.5) is 5.82 Å². The van der Waals surface area contributed by atoms with Crippen LogP contribution in [-0.4, -0.2) is 58.9 Å². The van der Waals surface area contributed by atoms with Gasteiger partial charge in [0.1, 0.15) is 5.82 Å². The summed E-state index contributed by atoms with van der Waals surface area (Å²) in [6, 6.07) is 1.40. The predicted octanol–water partition coefficient (Wildman–Crippen LogP) is 1.20. The maximum Gasteiger partial charge on any atom is 0.235 e. The van der Waals surface area contributed by atoms with Crippen molar-refractivity contribution in [1.29, 1.82) is 0 Å². The molecule has 3 amide bonds. The van der Waals surface area contributed by atoms with Gasteiger partial charge in [-0.05, 0) is 26.2 Å². The molecule has 158 valence electrons. The monoisotopic (exact) mass is 422 g/mol. The number of likely N-dealkylation sites (tertiary alicyclic amines) is 1. The van der Waals surface area contributed by atoms with E-state index in [0.717, 1.165) is 25.7 Å². The van der Waals surface area contributed by atoms with Gasteiger partial charge in [0.15, 0.2) is 9.84 Å². The summed E-state index contributed by atoms with van der Waals surface area (Å²) in [4.78, 5) is 38.7. The summed E-state index contributed by atoms with van der Waals surface area (Å²) in [5.74, 6) is -0.0895. The Kier molecular flexibility index (Phi) is 5.00. The Labute approximate surface area is 169 Å². The van der Waals surface area contributed by atoms with Gasteiger partial charge in [0.05, 0.1) is 28.7 Å². The van der Waals surface area contributed by atoms with Gasteiger partial charge in [0, 0.05) is 25.5 Å². The van der Waals surface area contributed by atoms with Crippen molar-refractivity contribution in [2.24, 2.45) is 5.41 Å². The molecule has 1 atom stereocenters. The molecule has 0 unspecified atom stereocenters. The molecule has 1 saturated carbocycles. The molecule has 2 saturated heterocycles. The zero-order chi connectivity index (χ0) is 20.8. The van der Waals surface area contributed by atoms with Crippen molar-refractivity contribution in [3.63, 3.8) is 0 Å². The summed E-state index contributed by atoms with van der Waals surface area (Å²) in [5.41, 5.74) is 0.148. The molecule has 1 spiro atoms. The fourth-order valence-electron chi connectivity index (χ4n) is 4.80. The molecule has 0 aromatic carbocycles. The first-order valence-corrected chi connectivity index (χ1v) is 11.9. The second-order valence-corrected chi connectivity index (χ2v) is 10.7. The Morgan fingerprint density at radius 3 is 2.69 bits per heavy atom. The first-order valence-electron chi connectivity index (χ1n) is 10.1. The topological polar surface area (TPSA) is 118 Å². The Bertz CT molecular complexity index is 961. The maximum absolute atomic E-state index is 12.7. The van der Waals surface area contributed by atoms with E-state index in [-0.39, 0.29) is 54.7 Å². The summed E-state index contributed by atoms with van der Waals surface area (Å²) in [7, 11) is -3.08. The molecule has 0 radical (unpaired) electrons. The van der Waals surface area contributed by atoms with Gasteiger partial charge in [-0.1, -0.05) is 12.8 Å². The van der Waals surface area contributed by atoms with Crippen molar-refractivity contribution in [1.82, 2.24) is 14.7 Å². The molecule has 29 heavy (non-hydrogen) atoms. The third-order valence-electron chi connectivity index (χ3n) is 6.29. The van der Waals surface area contributed by atoms with Crippen LogP contribution in [0.2, 0.25) is 0 Å². The highest BCUT2D eigenvalue weighted by Crippen LogP contribution is 2.46. The Morgan fingerprint density at radius 2 is 2.03 bits per heavy atom. The Balaban J connectivity index is 1.38. The van der Waals surface area contributed by atoms with Crippen LogP contribution in [0.5, 0.6) is 0 Å². The van der Waals surface area contributed by atoms with Crippen LogP contribution in [0.3, 0.4) is 0 Å². The van der Waals surface area contributed by atoms with E-state index in [1.807, 2.05) is 0 Å². The lowest BCUT2D eigenvalue weighted by atomic mass is 9.84. The van der Waals surface area contributed by atoms with E-state index in [4.69, 9.17) is 0 Å². The second kappa shape index (κ2) is 7.23. The molecule has 3 heterocycles. The zero-order valence-corrected chi connectivity index (χ0v) is 17.3. The van der Waals surface area contributed by atoms with Gasteiger partial charge in [0.25, 0.3) is 0 Å². The minimum atomic E-state index is -3.08. The fourth-order valence-corrected chi connectivity index (χ4v) is 6.50. The van der Waals surface area contributed by atoms with Crippen molar-refractivity contribution < 1.29 is 22.8 Å². The number of hydrogen-bond donors (Lipinski definition) is 1. The van der Waals surface area contributed by atoms with Crippen molar-refractivity contribution >= 4 is 33.4 Å². The molecule has 1 aliphatic carbocycles. The van der Waals surface area contributed by atoms with Crippen molar-refractivity contribution in [2.75, 3.05) is 23.4 Å². The molecular weight excluding hydrogens is 396 g/mol. The Hall–Kier alpha value is -2.23. The molecule has 1 N–H and O–H groups in total. The van der Waals surface area contributed by atoms with E-state index in [1.165, 1.54) is 4.90 Å². The van der Waals surface area contributed by atoms with E-state index < -0.39 is 15.3 Å². The van der Waals surface area contributed by atoms with Crippen LogP contribution in [0.25, 0.3) is 0 Å². The highest BCUT2D eigenvalue weighted by molar-refractivity contribution is 7.91. The predicted molar refractivity (Wildman–Crippen MR) is 105 cm³/mol. The van der Waals surface area contributed by atoms with E-state index in [9.17, 15) is 22.8 Å². The lowest BCUT2D eigenvalue weighted by Crippen LogP contribution is -2.36. The number of hydrogen-bond acceptors (Lipinski definition) is 6. The van der Waals surface area contributed by atoms with Crippen LogP contribution in [0.1, 0.15) is 56.7 Å². The number of carbonyl (C=O) groups excluding carboxylic acids is 3. The van der Waals surface area contributed by atoms with Gasteiger partial charge in [0.2, 0.25) is 17.7 Å². The summed E-state index contributed by atoms with van der Waals surface area (Å²) in [6.07, 6.45) is 4.16.